The number of hydrogen-bond acceptors (Lipinski definition) is 4. The Bertz CT molecular complexity index is 1060. The molecule has 0 spiro atoms. The van der Waals surface area contributed by atoms with Gasteiger partial charge in [-0.05, 0) is 35.2 Å². The number of methoxy groups -OCH3 is 1. The summed E-state index contributed by atoms with van der Waals surface area (Å²) in [6.45, 7) is 5.83. The number of carbonyl (C=O) groups excluding carboxylic acids is 3. The lowest BCUT2D eigenvalue weighted by molar-refractivity contribution is -0.197. The maximum atomic E-state index is 14.1. The molecular formula is C22H22F3N3O4. The van der Waals surface area contributed by atoms with E-state index >= 15 is 0 Å². The Morgan fingerprint density at radius 3 is 2.16 bits per heavy atom. The Morgan fingerprint density at radius 1 is 1.03 bits per heavy atom. The topological polar surface area (TPSA) is 87.7 Å². The minimum atomic E-state index is -5.32. The third-order valence-electron chi connectivity index (χ3n) is 5.09. The first kappa shape index (κ1) is 23.1. The van der Waals surface area contributed by atoms with Crippen LogP contribution in [0.3, 0.4) is 0 Å². The number of ether oxygens (including phenoxy) is 1. The molecule has 0 aromatic heterocycles. The number of amides is 4. The summed E-state index contributed by atoms with van der Waals surface area (Å²) in [7, 11) is 1.25. The Hall–Kier alpha value is -3.56. The molecule has 1 aliphatic rings. The predicted molar refractivity (Wildman–Crippen MR) is 110 cm³/mol. The zero-order valence-corrected chi connectivity index (χ0v) is 17.8. The number of alkyl halides is 3. The first-order valence-electron chi connectivity index (χ1n) is 9.61. The third-order valence-corrected chi connectivity index (χ3v) is 5.09. The van der Waals surface area contributed by atoms with Crippen LogP contribution in [0.4, 0.5) is 23.7 Å². The summed E-state index contributed by atoms with van der Waals surface area (Å²) in [6.07, 6.45) is -5.32. The second-order valence-corrected chi connectivity index (χ2v) is 8.27. The summed E-state index contributed by atoms with van der Waals surface area (Å²) in [5.41, 5.74) is -3.28. The number of urea groups is 1. The Labute approximate surface area is 182 Å². The SMILES string of the molecule is COc1ccccc1N1C(=O)N[C@](NC(=O)c2ccc(C(C)(C)C)cc2)(C(F)(F)F)C1=O. The highest BCUT2D eigenvalue weighted by Crippen LogP contribution is 2.38. The summed E-state index contributed by atoms with van der Waals surface area (Å²) >= 11 is 0. The van der Waals surface area contributed by atoms with E-state index in [0.717, 1.165) is 5.56 Å². The van der Waals surface area contributed by atoms with Gasteiger partial charge < -0.3 is 10.1 Å². The van der Waals surface area contributed by atoms with E-state index in [1.54, 1.807) is 22.8 Å². The van der Waals surface area contributed by atoms with Crippen LogP contribution in [0, 0.1) is 0 Å². The molecule has 2 N–H and O–H groups in total. The lowest BCUT2D eigenvalue weighted by Crippen LogP contribution is -2.69. The Balaban J connectivity index is 1.98. The molecule has 2 aromatic rings. The Morgan fingerprint density at radius 2 is 1.62 bits per heavy atom. The molecule has 0 unspecified atom stereocenters. The molecule has 1 aliphatic heterocycles. The minimum absolute atomic E-state index is 0.0121. The van der Waals surface area contributed by atoms with Crippen LogP contribution < -0.4 is 20.3 Å². The third kappa shape index (κ3) is 3.88. The number of benzene rings is 2. The molecule has 0 radical (unpaired) electrons. The molecular weight excluding hydrogens is 427 g/mol. The van der Waals surface area contributed by atoms with Crippen molar-refractivity contribution in [1.29, 1.82) is 0 Å². The van der Waals surface area contributed by atoms with Crippen molar-refractivity contribution in [2.75, 3.05) is 12.0 Å². The van der Waals surface area contributed by atoms with Crippen LogP contribution >= 0.6 is 0 Å². The number of carbonyl (C=O) groups is 3. The fraction of sp³-hybridized carbons (Fsp3) is 0.318. The van der Waals surface area contributed by atoms with Gasteiger partial charge in [-0.25, -0.2) is 9.69 Å². The van der Waals surface area contributed by atoms with Gasteiger partial charge in [-0.3, -0.25) is 14.9 Å². The summed E-state index contributed by atoms with van der Waals surface area (Å²) in [4.78, 5) is 38.4. The van der Waals surface area contributed by atoms with Gasteiger partial charge >= 0.3 is 12.2 Å². The second kappa shape index (κ2) is 7.85. The molecule has 0 bridgehead atoms. The maximum Gasteiger partial charge on any atom is 0.440 e. The number of anilines is 1. The van der Waals surface area contributed by atoms with Gasteiger partial charge in [0.1, 0.15) is 5.75 Å². The highest BCUT2D eigenvalue weighted by molar-refractivity contribution is 6.25. The number of hydrogen-bond donors (Lipinski definition) is 2. The van der Waals surface area contributed by atoms with Gasteiger partial charge in [-0.2, -0.15) is 13.2 Å². The van der Waals surface area contributed by atoms with Crippen LogP contribution in [0.5, 0.6) is 5.75 Å². The van der Waals surface area contributed by atoms with Gasteiger partial charge in [-0.15, -0.1) is 0 Å². The van der Waals surface area contributed by atoms with E-state index in [-0.39, 0.29) is 22.4 Å². The molecule has 1 atom stereocenters. The first-order chi connectivity index (χ1) is 14.8. The Kier molecular flexibility index (Phi) is 5.67. The van der Waals surface area contributed by atoms with Crippen LogP contribution in [0.15, 0.2) is 48.5 Å². The fourth-order valence-corrected chi connectivity index (χ4v) is 3.27. The number of para-hydroxylation sites is 2. The van der Waals surface area contributed by atoms with Crippen molar-refractivity contribution >= 4 is 23.5 Å². The molecule has 0 aliphatic carbocycles. The summed E-state index contributed by atoms with van der Waals surface area (Å²) in [5.74, 6) is -2.85. The monoisotopic (exact) mass is 449 g/mol. The van der Waals surface area contributed by atoms with Crippen LogP contribution in [-0.2, 0) is 10.2 Å². The summed E-state index contributed by atoms with van der Waals surface area (Å²) in [6, 6.07) is 10.2. The molecule has 32 heavy (non-hydrogen) atoms. The molecule has 1 heterocycles. The quantitative estimate of drug-likeness (QED) is 0.697. The van der Waals surface area contributed by atoms with Crippen molar-refractivity contribution in [3.8, 4) is 5.75 Å². The minimum Gasteiger partial charge on any atom is -0.495 e. The van der Waals surface area contributed by atoms with Crippen molar-refractivity contribution in [2.45, 2.75) is 38.0 Å². The van der Waals surface area contributed by atoms with E-state index in [1.807, 2.05) is 20.8 Å². The van der Waals surface area contributed by atoms with Gasteiger partial charge in [0.05, 0.1) is 12.8 Å². The van der Waals surface area contributed by atoms with E-state index in [2.05, 4.69) is 0 Å². The lowest BCUT2D eigenvalue weighted by atomic mass is 9.86. The van der Waals surface area contributed by atoms with Gasteiger partial charge in [0.15, 0.2) is 0 Å². The number of nitrogens with zero attached hydrogens (tertiary/aromatic N) is 1. The summed E-state index contributed by atoms with van der Waals surface area (Å²) < 4.78 is 47.4. The molecule has 10 heteroatoms. The van der Waals surface area contributed by atoms with Gasteiger partial charge in [0.25, 0.3) is 17.5 Å². The van der Waals surface area contributed by atoms with E-state index in [0.29, 0.717) is 4.90 Å². The molecule has 7 nitrogen and oxygen atoms in total. The normalized spacial score (nSPS) is 19.0. The average molecular weight is 449 g/mol. The van der Waals surface area contributed by atoms with Crippen LogP contribution in [0.2, 0.25) is 0 Å². The largest absolute Gasteiger partial charge is 0.495 e. The van der Waals surface area contributed by atoms with E-state index in [1.165, 1.54) is 43.5 Å². The van der Waals surface area contributed by atoms with E-state index in [9.17, 15) is 27.6 Å². The van der Waals surface area contributed by atoms with Gasteiger partial charge in [0, 0.05) is 5.56 Å². The van der Waals surface area contributed by atoms with Crippen molar-refractivity contribution in [2.24, 2.45) is 0 Å². The van der Waals surface area contributed by atoms with Crippen LogP contribution in [-0.4, -0.2) is 36.8 Å². The molecule has 3 rings (SSSR count). The number of nitrogens with one attached hydrogen (secondary N) is 2. The maximum absolute atomic E-state index is 14.1. The van der Waals surface area contributed by atoms with Crippen LogP contribution in [0.25, 0.3) is 0 Å². The average Bonchev–Trinajstić information content (AvgIpc) is 2.97. The van der Waals surface area contributed by atoms with Crippen LogP contribution in [0.1, 0.15) is 36.7 Å². The standard InChI is InChI=1S/C22H22F3N3O4/c1-20(2,3)14-11-9-13(10-12-14)17(29)26-21(22(23,24)25)18(30)28(19(31)27-21)15-7-5-6-8-16(15)32-4/h5-12H,1-4H3,(H,26,29)(H,27,31)/t21-/m0/s1. The summed E-state index contributed by atoms with van der Waals surface area (Å²) in [5, 5.41) is 3.31. The molecule has 0 saturated carbocycles. The van der Waals surface area contributed by atoms with E-state index in [4.69, 9.17) is 4.74 Å². The molecule has 2 aromatic carbocycles. The van der Waals surface area contributed by atoms with Crippen molar-refractivity contribution < 1.29 is 32.3 Å². The number of imide groups is 1. The fourth-order valence-electron chi connectivity index (χ4n) is 3.27. The predicted octanol–water partition coefficient (Wildman–Crippen LogP) is 3.74. The number of rotatable bonds is 4. The zero-order chi connectivity index (χ0) is 23.9. The highest BCUT2D eigenvalue weighted by Gasteiger charge is 2.69. The van der Waals surface area contributed by atoms with Crippen molar-refractivity contribution in [1.82, 2.24) is 10.6 Å². The molecule has 1 saturated heterocycles. The van der Waals surface area contributed by atoms with Crippen molar-refractivity contribution in [3.05, 3.63) is 59.7 Å². The molecule has 4 amide bonds. The number of halogens is 3. The molecule has 170 valence electrons. The van der Waals surface area contributed by atoms with Gasteiger partial charge in [0.2, 0.25) is 0 Å². The first-order valence-corrected chi connectivity index (χ1v) is 9.61. The smallest absolute Gasteiger partial charge is 0.440 e. The molecule has 1 fully saturated rings. The lowest BCUT2D eigenvalue weighted by Gasteiger charge is -2.30. The highest BCUT2D eigenvalue weighted by atomic mass is 19.4. The van der Waals surface area contributed by atoms with E-state index < -0.39 is 29.7 Å². The van der Waals surface area contributed by atoms with Crippen molar-refractivity contribution in [3.63, 3.8) is 0 Å². The zero-order valence-electron chi connectivity index (χ0n) is 17.8. The van der Waals surface area contributed by atoms with Gasteiger partial charge in [-0.1, -0.05) is 45.0 Å². The second-order valence-electron chi connectivity index (χ2n) is 8.27.